The van der Waals surface area contributed by atoms with Crippen molar-refractivity contribution in [1.82, 2.24) is 20.2 Å². The molecule has 2 rings (SSSR count). The van der Waals surface area contributed by atoms with E-state index in [0.29, 0.717) is 17.1 Å². The van der Waals surface area contributed by atoms with Gasteiger partial charge in [-0.05, 0) is 36.3 Å². The second-order valence-electron chi connectivity index (χ2n) is 4.29. The molecule has 7 heteroatoms. The number of ether oxygens (including phenoxy) is 1. The van der Waals surface area contributed by atoms with Crippen LogP contribution in [0.2, 0.25) is 0 Å². The summed E-state index contributed by atoms with van der Waals surface area (Å²) in [6.07, 6.45) is 0. The third kappa shape index (κ3) is 2.87. The van der Waals surface area contributed by atoms with E-state index in [1.165, 1.54) is 4.80 Å². The SMILES string of the molecule is Cc1cc(C)c(C(=O)OCc2nnn(C)n2)cc1N. The molecule has 100 valence electrons. The number of rotatable bonds is 3. The van der Waals surface area contributed by atoms with Crippen molar-refractivity contribution in [3.05, 3.63) is 34.6 Å². The fraction of sp³-hybridized carbons (Fsp3) is 0.333. The number of aryl methyl sites for hydroxylation is 3. The van der Waals surface area contributed by atoms with E-state index in [9.17, 15) is 4.79 Å². The lowest BCUT2D eigenvalue weighted by Crippen LogP contribution is -2.09. The largest absolute Gasteiger partial charge is 0.454 e. The maximum absolute atomic E-state index is 11.9. The minimum absolute atomic E-state index is 0.0140. The lowest BCUT2D eigenvalue weighted by molar-refractivity contribution is 0.0461. The van der Waals surface area contributed by atoms with Crippen molar-refractivity contribution < 1.29 is 9.53 Å². The first-order valence-corrected chi connectivity index (χ1v) is 5.74. The normalized spacial score (nSPS) is 10.5. The number of anilines is 1. The molecular weight excluding hydrogens is 246 g/mol. The number of tetrazole rings is 1. The number of nitrogens with two attached hydrogens (primary N) is 1. The zero-order chi connectivity index (χ0) is 14.0. The monoisotopic (exact) mass is 261 g/mol. The number of carbonyl (C=O) groups excluding carboxylic acids is 1. The summed E-state index contributed by atoms with van der Waals surface area (Å²) in [5.74, 6) is -0.0924. The molecule has 0 saturated carbocycles. The van der Waals surface area contributed by atoms with Crippen LogP contribution in [0.15, 0.2) is 12.1 Å². The van der Waals surface area contributed by atoms with E-state index in [-0.39, 0.29) is 6.61 Å². The van der Waals surface area contributed by atoms with E-state index in [4.69, 9.17) is 10.5 Å². The quantitative estimate of drug-likeness (QED) is 0.647. The summed E-state index contributed by atoms with van der Waals surface area (Å²) in [6, 6.07) is 3.48. The van der Waals surface area contributed by atoms with Crippen LogP contribution in [-0.2, 0) is 18.4 Å². The van der Waals surface area contributed by atoms with E-state index in [1.54, 1.807) is 13.1 Å². The predicted molar refractivity (Wildman–Crippen MR) is 68.2 cm³/mol. The van der Waals surface area contributed by atoms with Crippen molar-refractivity contribution in [3.63, 3.8) is 0 Å². The van der Waals surface area contributed by atoms with Crippen molar-refractivity contribution in [2.24, 2.45) is 7.05 Å². The highest BCUT2D eigenvalue weighted by atomic mass is 16.5. The summed E-state index contributed by atoms with van der Waals surface area (Å²) in [7, 11) is 1.64. The molecule has 0 amide bonds. The Kier molecular flexibility index (Phi) is 3.46. The van der Waals surface area contributed by atoms with Crippen molar-refractivity contribution in [2.45, 2.75) is 20.5 Å². The molecule has 7 nitrogen and oxygen atoms in total. The highest BCUT2D eigenvalue weighted by molar-refractivity contribution is 5.92. The maximum atomic E-state index is 11.9. The molecule has 1 aromatic carbocycles. The highest BCUT2D eigenvalue weighted by Gasteiger charge is 2.13. The van der Waals surface area contributed by atoms with Crippen molar-refractivity contribution in [1.29, 1.82) is 0 Å². The van der Waals surface area contributed by atoms with Crippen LogP contribution in [0, 0.1) is 13.8 Å². The Morgan fingerprint density at radius 1 is 1.37 bits per heavy atom. The Balaban J connectivity index is 2.10. The van der Waals surface area contributed by atoms with Crippen molar-refractivity contribution >= 4 is 11.7 Å². The first-order chi connectivity index (χ1) is 8.97. The zero-order valence-electron chi connectivity index (χ0n) is 11.0. The van der Waals surface area contributed by atoms with Crippen LogP contribution in [0.5, 0.6) is 0 Å². The van der Waals surface area contributed by atoms with E-state index >= 15 is 0 Å². The summed E-state index contributed by atoms with van der Waals surface area (Å²) in [6.45, 7) is 3.71. The highest BCUT2D eigenvalue weighted by Crippen LogP contribution is 2.18. The lowest BCUT2D eigenvalue weighted by Gasteiger charge is -2.08. The second-order valence-corrected chi connectivity index (χ2v) is 4.29. The van der Waals surface area contributed by atoms with Gasteiger partial charge in [-0.1, -0.05) is 6.07 Å². The molecule has 0 unspecified atom stereocenters. The molecule has 19 heavy (non-hydrogen) atoms. The van der Waals surface area contributed by atoms with E-state index in [1.807, 2.05) is 19.9 Å². The molecule has 0 spiro atoms. The summed E-state index contributed by atoms with van der Waals surface area (Å²) in [4.78, 5) is 13.3. The number of benzene rings is 1. The van der Waals surface area contributed by atoms with Crippen LogP contribution in [0.3, 0.4) is 0 Å². The molecule has 0 bridgehead atoms. The van der Waals surface area contributed by atoms with Crippen LogP contribution in [0.1, 0.15) is 27.3 Å². The molecule has 0 atom stereocenters. The topological polar surface area (TPSA) is 95.9 Å². The minimum Gasteiger partial charge on any atom is -0.454 e. The molecule has 0 aliphatic rings. The van der Waals surface area contributed by atoms with Crippen LogP contribution in [0.25, 0.3) is 0 Å². The molecular formula is C12H15N5O2. The summed E-state index contributed by atoms with van der Waals surface area (Å²) < 4.78 is 5.13. The van der Waals surface area contributed by atoms with Gasteiger partial charge >= 0.3 is 5.97 Å². The Labute approximate surface area is 110 Å². The van der Waals surface area contributed by atoms with Gasteiger partial charge in [0.15, 0.2) is 6.61 Å². The smallest absolute Gasteiger partial charge is 0.338 e. The summed E-state index contributed by atoms with van der Waals surface area (Å²) in [5.41, 5.74) is 8.57. The van der Waals surface area contributed by atoms with Crippen LogP contribution >= 0.6 is 0 Å². The number of hydrogen-bond donors (Lipinski definition) is 1. The van der Waals surface area contributed by atoms with Gasteiger partial charge in [0.05, 0.1) is 12.6 Å². The predicted octanol–water partition coefficient (Wildman–Crippen LogP) is 0.766. The second kappa shape index (κ2) is 5.05. The Morgan fingerprint density at radius 2 is 2.11 bits per heavy atom. The van der Waals surface area contributed by atoms with Crippen LogP contribution < -0.4 is 5.73 Å². The number of esters is 1. The number of nitrogen functional groups attached to an aromatic ring is 1. The van der Waals surface area contributed by atoms with Gasteiger partial charge in [-0.15, -0.1) is 10.2 Å². The number of aromatic nitrogens is 4. The van der Waals surface area contributed by atoms with Gasteiger partial charge < -0.3 is 10.5 Å². The number of hydrogen-bond acceptors (Lipinski definition) is 6. The third-order valence-electron chi connectivity index (χ3n) is 2.72. The standard InChI is InChI=1S/C12H15N5O2/c1-7-4-8(2)10(13)5-9(7)12(18)19-6-11-14-16-17(3)15-11/h4-5H,6,13H2,1-3H3. The van der Waals surface area contributed by atoms with Gasteiger partial charge in [-0.25, -0.2) is 4.79 Å². The van der Waals surface area contributed by atoms with Gasteiger partial charge in [-0.2, -0.15) is 4.80 Å². The molecule has 0 aliphatic heterocycles. The molecule has 0 fully saturated rings. The van der Waals surface area contributed by atoms with Crippen LogP contribution in [0.4, 0.5) is 5.69 Å². The molecule has 0 aliphatic carbocycles. The van der Waals surface area contributed by atoms with Gasteiger partial charge in [0.1, 0.15) is 0 Å². The molecule has 2 N–H and O–H groups in total. The first-order valence-electron chi connectivity index (χ1n) is 5.74. The molecule has 0 saturated heterocycles. The van der Waals surface area contributed by atoms with Gasteiger partial charge in [0.25, 0.3) is 0 Å². The summed E-state index contributed by atoms with van der Waals surface area (Å²) >= 11 is 0. The fourth-order valence-electron chi connectivity index (χ4n) is 1.68. The Hall–Kier alpha value is -2.44. The summed E-state index contributed by atoms with van der Waals surface area (Å²) in [5, 5.41) is 11.3. The average Bonchev–Trinajstić information content (AvgIpc) is 2.77. The maximum Gasteiger partial charge on any atom is 0.338 e. The molecule has 2 aromatic rings. The van der Waals surface area contributed by atoms with Gasteiger partial charge in [0, 0.05) is 5.69 Å². The average molecular weight is 261 g/mol. The fourth-order valence-corrected chi connectivity index (χ4v) is 1.68. The lowest BCUT2D eigenvalue weighted by atomic mass is 10.0. The Morgan fingerprint density at radius 3 is 2.74 bits per heavy atom. The molecule has 1 aromatic heterocycles. The van der Waals surface area contributed by atoms with Crippen molar-refractivity contribution in [3.8, 4) is 0 Å². The number of carbonyl (C=O) groups is 1. The Bertz CT molecular complexity index is 621. The van der Waals surface area contributed by atoms with E-state index < -0.39 is 5.97 Å². The van der Waals surface area contributed by atoms with Crippen LogP contribution in [-0.4, -0.2) is 26.2 Å². The first kappa shape index (κ1) is 13.0. The third-order valence-corrected chi connectivity index (χ3v) is 2.72. The zero-order valence-corrected chi connectivity index (χ0v) is 11.0. The van der Waals surface area contributed by atoms with Gasteiger partial charge in [0.2, 0.25) is 5.82 Å². The minimum atomic E-state index is -0.448. The molecule has 0 radical (unpaired) electrons. The van der Waals surface area contributed by atoms with E-state index in [0.717, 1.165) is 11.1 Å². The van der Waals surface area contributed by atoms with E-state index in [2.05, 4.69) is 15.4 Å². The van der Waals surface area contributed by atoms with Crippen molar-refractivity contribution in [2.75, 3.05) is 5.73 Å². The number of nitrogens with zero attached hydrogens (tertiary/aromatic N) is 4. The molecule has 1 heterocycles. The van der Waals surface area contributed by atoms with Gasteiger partial charge in [-0.3, -0.25) is 0 Å².